The van der Waals surface area contributed by atoms with Crippen molar-refractivity contribution in [2.75, 3.05) is 20.3 Å². The average molecular weight is 392 g/mol. The normalized spacial score (nSPS) is 11.0. The molecule has 0 unspecified atom stereocenters. The molecular formula is C18H18ClN3O5. The Labute approximate surface area is 159 Å². The Balaban J connectivity index is 1.82. The molecule has 0 aliphatic heterocycles. The van der Waals surface area contributed by atoms with Crippen LogP contribution in [0.5, 0.6) is 0 Å². The van der Waals surface area contributed by atoms with Crippen LogP contribution >= 0.6 is 11.6 Å². The molecule has 0 fully saturated rings. The predicted octanol–water partition coefficient (Wildman–Crippen LogP) is 3.19. The molecule has 8 nitrogen and oxygen atoms in total. The van der Waals surface area contributed by atoms with Gasteiger partial charge in [0, 0.05) is 25.8 Å². The molecule has 27 heavy (non-hydrogen) atoms. The Morgan fingerprint density at radius 1 is 1.33 bits per heavy atom. The number of hydrogen-bond donors (Lipinski definition) is 2. The van der Waals surface area contributed by atoms with E-state index in [0.29, 0.717) is 41.9 Å². The summed E-state index contributed by atoms with van der Waals surface area (Å²) in [7, 11) is 1.59. The fourth-order valence-corrected chi connectivity index (χ4v) is 2.91. The lowest BCUT2D eigenvalue weighted by Gasteiger charge is -2.21. The van der Waals surface area contributed by atoms with E-state index in [2.05, 4.69) is 9.97 Å². The number of aromatic amines is 1. The number of carboxylic acids is 1. The van der Waals surface area contributed by atoms with Gasteiger partial charge in [-0.15, -0.1) is 0 Å². The number of carboxylic acid groups (broad SMARTS) is 1. The van der Waals surface area contributed by atoms with Crippen LogP contribution in [-0.2, 0) is 11.3 Å². The maximum atomic E-state index is 13.0. The molecule has 9 heteroatoms. The van der Waals surface area contributed by atoms with Crippen molar-refractivity contribution in [3.63, 3.8) is 0 Å². The van der Waals surface area contributed by atoms with Crippen LogP contribution in [0.2, 0.25) is 5.28 Å². The van der Waals surface area contributed by atoms with E-state index in [-0.39, 0.29) is 23.5 Å². The first-order valence-electron chi connectivity index (χ1n) is 8.23. The van der Waals surface area contributed by atoms with Gasteiger partial charge in [-0.3, -0.25) is 4.79 Å². The molecule has 0 aliphatic rings. The van der Waals surface area contributed by atoms with Gasteiger partial charge in [0.1, 0.15) is 5.76 Å². The molecule has 142 valence electrons. The molecule has 2 N–H and O–H groups in total. The number of halogens is 1. The largest absolute Gasteiger partial charge is 0.475 e. The Kier molecular flexibility index (Phi) is 5.78. The first kappa shape index (κ1) is 18.9. The van der Waals surface area contributed by atoms with Gasteiger partial charge in [-0.1, -0.05) is 0 Å². The Hall–Kier alpha value is -2.84. The monoisotopic (exact) mass is 391 g/mol. The average Bonchev–Trinajstić information content (AvgIpc) is 3.25. The highest BCUT2D eigenvalue weighted by Crippen LogP contribution is 2.19. The second-order valence-electron chi connectivity index (χ2n) is 5.90. The lowest BCUT2D eigenvalue weighted by Crippen LogP contribution is -2.32. The lowest BCUT2D eigenvalue weighted by molar-refractivity contribution is 0.0655. The van der Waals surface area contributed by atoms with Crippen LogP contribution in [0.1, 0.15) is 33.1 Å². The molecule has 0 bridgehead atoms. The van der Waals surface area contributed by atoms with Crippen LogP contribution in [0.25, 0.3) is 11.0 Å². The van der Waals surface area contributed by atoms with Crippen molar-refractivity contribution in [3.05, 3.63) is 52.7 Å². The zero-order valence-corrected chi connectivity index (χ0v) is 15.3. The van der Waals surface area contributed by atoms with Gasteiger partial charge in [0.25, 0.3) is 5.91 Å². The Bertz CT molecular complexity index is 965. The zero-order chi connectivity index (χ0) is 19.4. The van der Waals surface area contributed by atoms with Crippen molar-refractivity contribution in [1.29, 1.82) is 0 Å². The number of carbonyl (C=O) groups is 2. The molecule has 0 atom stereocenters. The van der Waals surface area contributed by atoms with Crippen LogP contribution < -0.4 is 0 Å². The van der Waals surface area contributed by atoms with Crippen molar-refractivity contribution in [2.24, 2.45) is 0 Å². The number of methoxy groups -OCH3 is 1. The molecule has 0 radical (unpaired) electrons. The van der Waals surface area contributed by atoms with E-state index in [1.54, 1.807) is 36.3 Å². The maximum absolute atomic E-state index is 13.0. The molecule has 2 aromatic heterocycles. The topological polar surface area (TPSA) is 109 Å². The lowest BCUT2D eigenvalue weighted by atomic mass is 10.1. The second-order valence-corrected chi connectivity index (χ2v) is 6.26. The number of fused-ring (bicyclic) bond motifs is 1. The minimum Gasteiger partial charge on any atom is -0.475 e. The number of nitrogens with zero attached hydrogens (tertiary/aromatic N) is 2. The molecule has 3 rings (SSSR count). The van der Waals surface area contributed by atoms with E-state index in [1.165, 1.54) is 6.07 Å². The fraction of sp³-hybridized carbons (Fsp3) is 0.278. The molecular weight excluding hydrogens is 374 g/mol. The predicted molar refractivity (Wildman–Crippen MR) is 98.0 cm³/mol. The number of ether oxygens (including phenoxy) is 1. The van der Waals surface area contributed by atoms with Crippen molar-refractivity contribution >= 4 is 34.5 Å². The van der Waals surface area contributed by atoms with Gasteiger partial charge >= 0.3 is 5.97 Å². The van der Waals surface area contributed by atoms with Crippen LogP contribution in [0.4, 0.5) is 0 Å². The molecule has 0 saturated heterocycles. The molecule has 1 aromatic carbocycles. The van der Waals surface area contributed by atoms with Gasteiger partial charge < -0.3 is 24.1 Å². The summed E-state index contributed by atoms with van der Waals surface area (Å²) in [5, 5.41) is 9.24. The first-order chi connectivity index (χ1) is 13.0. The zero-order valence-electron chi connectivity index (χ0n) is 14.6. The van der Waals surface area contributed by atoms with Crippen molar-refractivity contribution < 1.29 is 23.8 Å². The van der Waals surface area contributed by atoms with Crippen LogP contribution in [0.15, 0.2) is 34.7 Å². The quantitative estimate of drug-likeness (QED) is 0.571. The SMILES string of the molecule is COCCCN(Cc1ccc(C(=O)O)o1)C(=O)c1ccc2nc(Cl)[nH]c2c1. The van der Waals surface area contributed by atoms with Gasteiger partial charge in [0.15, 0.2) is 0 Å². The third-order valence-electron chi connectivity index (χ3n) is 3.98. The van der Waals surface area contributed by atoms with E-state index in [4.69, 9.17) is 25.9 Å². The minimum absolute atomic E-state index is 0.150. The fourth-order valence-electron chi connectivity index (χ4n) is 2.71. The number of aromatic nitrogens is 2. The van der Waals surface area contributed by atoms with E-state index >= 15 is 0 Å². The van der Waals surface area contributed by atoms with Gasteiger partial charge in [-0.05, 0) is 48.4 Å². The van der Waals surface area contributed by atoms with Crippen molar-refractivity contribution in [2.45, 2.75) is 13.0 Å². The first-order valence-corrected chi connectivity index (χ1v) is 8.61. The van der Waals surface area contributed by atoms with Crippen molar-refractivity contribution in [3.8, 4) is 0 Å². The summed E-state index contributed by atoms with van der Waals surface area (Å²) < 4.78 is 10.3. The number of carbonyl (C=O) groups excluding carboxylic acids is 1. The third kappa shape index (κ3) is 4.47. The number of imidazole rings is 1. The number of furan rings is 1. The highest BCUT2D eigenvalue weighted by atomic mass is 35.5. The van der Waals surface area contributed by atoms with Gasteiger partial charge in [0.2, 0.25) is 11.0 Å². The van der Waals surface area contributed by atoms with E-state index in [0.717, 1.165) is 0 Å². The molecule has 0 aliphatic carbocycles. The number of rotatable bonds is 8. The number of benzene rings is 1. The van der Waals surface area contributed by atoms with E-state index < -0.39 is 5.97 Å². The van der Waals surface area contributed by atoms with E-state index in [9.17, 15) is 9.59 Å². The summed E-state index contributed by atoms with van der Waals surface area (Å²) in [5.41, 5.74) is 1.79. The Morgan fingerprint density at radius 3 is 2.85 bits per heavy atom. The summed E-state index contributed by atoms with van der Waals surface area (Å²) in [6.07, 6.45) is 0.632. The summed E-state index contributed by atoms with van der Waals surface area (Å²) in [6.45, 7) is 1.08. The summed E-state index contributed by atoms with van der Waals surface area (Å²) in [6, 6.07) is 8.00. The maximum Gasteiger partial charge on any atom is 0.371 e. The van der Waals surface area contributed by atoms with Crippen LogP contribution in [0, 0.1) is 0 Å². The smallest absolute Gasteiger partial charge is 0.371 e. The van der Waals surface area contributed by atoms with Gasteiger partial charge in [0.05, 0.1) is 17.6 Å². The standard InChI is InChI=1S/C18H18ClN3O5/c1-26-8-2-7-22(10-12-4-6-15(27-12)17(24)25)16(23)11-3-5-13-14(9-11)21-18(19)20-13/h3-6,9H,2,7-8,10H2,1H3,(H,20,21)(H,24,25). The number of nitrogens with one attached hydrogen (secondary N) is 1. The van der Waals surface area contributed by atoms with E-state index in [1.807, 2.05) is 0 Å². The molecule has 2 heterocycles. The summed E-state index contributed by atoms with van der Waals surface area (Å²) >= 11 is 5.86. The van der Waals surface area contributed by atoms with Gasteiger partial charge in [-0.25, -0.2) is 9.78 Å². The second kappa shape index (κ2) is 8.24. The van der Waals surface area contributed by atoms with Crippen LogP contribution in [-0.4, -0.2) is 52.1 Å². The van der Waals surface area contributed by atoms with Crippen molar-refractivity contribution in [1.82, 2.24) is 14.9 Å². The number of H-pyrrole nitrogens is 1. The molecule has 0 saturated carbocycles. The highest BCUT2D eigenvalue weighted by molar-refractivity contribution is 6.29. The minimum atomic E-state index is -1.15. The third-order valence-corrected chi connectivity index (χ3v) is 4.16. The number of aromatic carboxylic acids is 1. The molecule has 0 spiro atoms. The van der Waals surface area contributed by atoms with Crippen LogP contribution in [0.3, 0.4) is 0 Å². The summed E-state index contributed by atoms with van der Waals surface area (Å²) in [5.74, 6) is -1.14. The number of amides is 1. The summed E-state index contributed by atoms with van der Waals surface area (Å²) in [4.78, 5) is 32.6. The Morgan fingerprint density at radius 2 is 2.15 bits per heavy atom. The number of hydrogen-bond acceptors (Lipinski definition) is 5. The van der Waals surface area contributed by atoms with Gasteiger partial charge in [-0.2, -0.15) is 0 Å². The molecule has 3 aromatic rings. The highest BCUT2D eigenvalue weighted by Gasteiger charge is 2.19. The molecule has 1 amide bonds.